The lowest BCUT2D eigenvalue weighted by Crippen LogP contribution is -2.02. The summed E-state index contributed by atoms with van der Waals surface area (Å²) >= 11 is 1.64. The number of hydrogen-bond donors (Lipinski definition) is 1. The molecule has 4 nitrogen and oxygen atoms in total. The van der Waals surface area contributed by atoms with E-state index in [4.69, 9.17) is 10.2 Å². The number of aryl methyl sites for hydroxylation is 1. The molecule has 0 aromatic carbocycles. The molecule has 2 aromatic rings. The molecule has 82 valence electrons. The Morgan fingerprint density at radius 2 is 2.20 bits per heavy atom. The molecule has 2 N–H and O–H groups in total. The van der Waals surface area contributed by atoms with Crippen molar-refractivity contribution in [2.24, 2.45) is 5.73 Å². The maximum Gasteiger partial charge on any atom is 0.257 e. The lowest BCUT2D eigenvalue weighted by Gasteiger charge is -1.87. The van der Waals surface area contributed by atoms with E-state index in [0.29, 0.717) is 24.7 Å². The Morgan fingerprint density at radius 1 is 1.40 bits per heavy atom. The minimum Gasteiger partial charge on any atom is -0.420 e. The lowest BCUT2D eigenvalue weighted by molar-refractivity contribution is 0.508. The zero-order valence-electron chi connectivity index (χ0n) is 8.27. The van der Waals surface area contributed by atoms with Crippen molar-refractivity contribution in [1.29, 1.82) is 0 Å². The summed E-state index contributed by atoms with van der Waals surface area (Å²) in [6.45, 7) is 2.58. The van der Waals surface area contributed by atoms with Crippen molar-refractivity contribution in [3.8, 4) is 10.8 Å². The van der Waals surface area contributed by atoms with Gasteiger partial charge < -0.3 is 10.2 Å². The van der Waals surface area contributed by atoms with Gasteiger partial charge in [-0.25, -0.2) is 0 Å². The van der Waals surface area contributed by atoms with Crippen LogP contribution >= 0.6 is 23.7 Å². The van der Waals surface area contributed by atoms with Gasteiger partial charge in [0.25, 0.3) is 5.89 Å². The van der Waals surface area contributed by atoms with Gasteiger partial charge in [0.05, 0.1) is 4.88 Å². The van der Waals surface area contributed by atoms with E-state index in [1.807, 2.05) is 19.1 Å². The van der Waals surface area contributed by atoms with Crippen LogP contribution in [0.3, 0.4) is 0 Å². The first-order chi connectivity index (χ1) is 6.79. The van der Waals surface area contributed by atoms with Gasteiger partial charge in [0.1, 0.15) is 0 Å². The first kappa shape index (κ1) is 12.2. The summed E-state index contributed by atoms with van der Waals surface area (Å²) in [7, 11) is 0. The molecule has 0 aliphatic carbocycles. The Labute approximate surface area is 97.9 Å². The van der Waals surface area contributed by atoms with Gasteiger partial charge in [-0.3, -0.25) is 0 Å². The van der Waals surface area contributed by atoms with E-state index >= 15 is 0 Å². The van der Waals surface area contributed by atoms with Crippen LogP contribution in [0, 0.1) is 6.92 Å². The summed E-state index contributed by atoms with van der Waals surface area (Å²) in [6, 6.07) is 4.02. The molecule has 0 bridgehead atoms. The van der Waals surface area contributed by atoms with Crippen LogP contribution in [0.5, 0.6) is 0 Å². The topological polar surface area (TPSA) is 64.9 Å². The summed E-state index contributed by atoms with van der Waals surface area (Å²) in [5.74, 6) is 1.19. The van der Waals surface area contributed by atoms with Crippen molar-refractivity contribution in [2.75, 3.05) is 6.54 Å². The zero-order chi connectivity index (χ0) is 9.97. The second-order valence-electron chi connectivity index (χ2n) is 2.95. The monoisotopic (exact) mass is 245 g/mol. The third-order valence-corrected chi connectivity index (χ3v) is 2.76. The molecule has 0 saturated carbocycles. The van der Waals surface area contributed by atoms with Crippen LogP contribution in [0.2, 0.25) is 0 Å². The SMILES string of the molecule is Cc1ccc(-c2nnc(CCN)o2)s1.Cl. The Bertz CT molecular complexity index is 426. The minimum absolute atomic E-state index is 0. The predicted molar refractivity (Wildman–Crippen MR) is 62.4 cm³/mol. The van der Waals surface area contributed by atoms with E-state index < -0.39 is 0 Å². The van der Waals surface area contributed by atoms with Crippen molar-refractivity contribution >= 4 is 23.7 Å². The molecule has 0 radical (unpaired) electrons. The molecule has 0 unspecified atom stereocenters. The Hall–Kier alpha value is -0.910. The first-order valence-electron chi connectivity index (χ1n) is 4.39. The Morgan fingerprint density at radius 3 is 2.80 bits per heavy atom. The molecule has 0 fully saturated rings. The smallest absolute Gasteiger partial charge is 0.257 e. The van der Waals surface area contributed by atoms with Gasteiger partial charge in [0.15, 0.2) is 0 Å². The molecule has 0 aliphatic rings. The molecule has 6 heteroatoms. The first-order valence-corrected chi connectivity index (χ1v) is 5.20. The van der Waals surface area contributed by atoms with E-state index in [1.165, 1.54) is 4.88 Å². The van der Waals surface area contributed by atoms with Crippen molar-refractivity contribution < 1.29 is 4.42 Å². The van der Waals surface area contributed by atoms with Gasteiger partial charge in [-0.2, -0.15) is 0 Å². The van der Waals surface area contributed by atoms with Crippen molar-refractivity contribution in [2.45, 2.75) is 13.3 Å². The van der Waals surface area contributed by atoms with Crippen molar-refractivity contribution in [3.63, 3.8) is 0 Å². The van der Waals surface area contributed by atoms with Gasteiger partial charge in [-0.05, 0) is 19.1 Å². The number of nitrogens with two attached hydrogens (primary N) is 1. The number of rotatable bonds is 3. The standard InChI is InChI=1S/C9H11N3OS.ClH/c1-6-2-3-7(14-6)9-12-11-8(13-9)4-5-10;/h2-3H,4-5,10H2,1H3;1H. The second kappa shape index (κ2) is 5.25. The third-order valence-electron chi connectivity index (χ3n) is 1.78. The van der Waals surface area contributed by atoms with E-state index in [2.05, 4.69) is 10.2 Å². The maximum absolute atomic E-state index is 5.43. The quantitative estimate of drug-likeness (QED) is 0.899. The molecular weight excluding hydrogens is 234 g/mol. The predicted octanol–water partition coefficient (Wildman–Crippen LogP) is 2.03. The minimum atomic E-state index is 0. The summed E-state index contributed by atoms with van der Waals surface area (Å²) in [5.41, 5.74) is 5.39. The van der Waals surface area contributed by atoms with Gasteiger partial charge in [-0.15, -0.1) is 33.9 Å². The highest BCUT2D eigenvalue weighted by atomic mass is 35.5. The zero-order valence-corrected chi connectivity index (χ0v) is 9.90. The van der Waals surface area contributed by atoms with Crippen LogP contribution in [-0.2, 0) is 6.42 Å². The number of halogens is 1. The Balaban J connectivity index is 0.00000112. The van der Waals surface area contributed by atoms with Crippen LogP contribution in [0.15, 0.2) is 16.5 Å². The molecule has 0 aliphatic heterocycles. The molecule has 2 rings (SSSR count). The van der Waals surface area contributed by atoms with Crippen LogP contribution in [0.1, 0.15) is 10.8 Å². The molecule has 0 spiro atoms. The maximum atomic E-state index is 5.43. The van der Waals surface area contributed by atoms with Crippen LogP contribution in [0.4, 0.5) is 0 Å². The highest BCUT2D eigenvalue weighted by Gasteiger charge is 2.09. The summed E-state index contributed by atoms with van der Waals surface area (Å²) in [6.07, 6.45) is 0.636. The van der Waals surface area contributed by atoms with Crippen LogP contribution < -0.4 is 5.73 Å². The molecule has 0 saturated heterocycles. The van der Waals surface area contributed by atoms with Gasteiger partial charge in [0, 0.05) is 17.8 Å². The summed E-state index contributed by atoms with van der Waals surface area (Å²) < 4.78 is 5.43. The van der Waals surface area contributed by atoms with Crippen LogP contribution in [0.25, 0.3) is 10.8 Å². The fourth-order valence-corrected chi connectivity index (χ4v) is 1.92. The summed E-state index contributed by atoms with van der Waals surface area (Å²) in [4.78, 5) is 2.25. The second-order valence-corrected chi connectivity index (χ2v) is 4.24. The van der Waals surface area contributed by atoms with E-state index in [9.17, 15) is 0 Å². The van der Waals surface area contributed by atoms with E-state index in [-0.39, 0.29) is 12.4 Å². The summed E-state index contributed by atoms with van der Waals surface area (Å²) in [5, 5.41) is 7.86. The van der Waals surface area contributed by atoms with E-state index in [0.717, 1.165) is 4.88 Å². The Kier molecular flexibility index (Phi) is 4.26. The molecule has 0 atom stereocenters. The highest BCUT2D eigenvalue weighted by molar-refractivity contribution is 7.15. The van der Waals surface area contributed by atoms with E-state index in [1.54, 1.807) is 11.3 Å². The average Bonchev–Trinajstić information content (AvgIpc) is 2.74. The largest absolute Gasteiger partial charge is 0.420 e. The lowest BCUT2D eigenvalue weighted by atomic mass is 10.4. The number of aromatic nitrogens is 2. The van der Waals surface area contributed by atoms with Gasteiger partial charge >= 0.3 is 0 Å². The number of thiophene rings is 1. The normalized spacial score (nSPS) is 10.0. The molecule has 2 aromatic heterocycles. The third kappa shape index (κ3) is 2.77. The molecular formula is C9H12ClN3OS. The van der Waals surface area contributed by atoms with Gasteiger partial charge in [-0.1, -0.05) is 0 Å². The average molecular weight is 246 g/mol. The van der Waals surface area contributed by atoms with Crippen molar-refractivity contribution in [3.05, 3.63) is 22.9 Å². The fraction of sp³-hybridized carbons (Fsp3) is 0.333. The fourth-order valence-electron chi connectivity index (χ4n) is 1.13. The molecule has 0 amide bonds. The van der Waals surface area contributed by atoms with Crippen LogP contribution in [-0.4, -0.2) is 16.7 Å². The van der Waals surface area contributed by atoms with Crippen molar-refractivity contribution in [1.82, 2.24) is 10.2 Å². The molecule has 15 heavy (non-hydrogen) atoms. The van der Waals surface area contributed by atoms with Gasteiger partial charge in [0.2, 0.25) is 5.89 Å². The highest BCUT2D eigenvalue weighted by Crippen LogP contribution is 2.26. The number of hydrogen-bond acceptors (Lipinski definition) is 5. The molecule has 2 heterocycles. The number of nitrogens with zero attached hydrogens (tertiary/aromatic N) is 2.